The van der Waals surface area contributed by atoms with Crippen LogP contribution in [-0.4, -0.2) is 34.9 Å². The Kier molecular flexibility index (Phi) is 8.60. The molecule has 1 aliphatic heterocycles. The SMILES string of the molecule is CCOc1ccc(CN(Cc2ccc3c(c2)OCO3)S(=O)(=O)c2ccc(S(=O)(O)=NCc3ccccc3)cc2)cc1. The number of sulfonamides is 1. The molecule has 1 aliphatic rings. The van der Waals surface area contributed by atoms with Gasteiger partial charge in [-0.25, -0.2) is 17.0 Å². The van der Waals surface area contributed by atoms with E-state index in [-0.39, 0.29) is 36.2 Å². The first-order chi connectivity index (χ1) is 19.7. The summed E-state index contributed by atoms with van der Waals surface area (Å²) in [5.41, 5.74) is 2.29. The molecular formula is C30H30N2O7S2. The summed E-state index contributed by atoms with van der Waals surface area (Å²) in [5, 5.41) is 0. The smallest absolute Gasteiger partial charge is 0.243 e. The molecule has 0 saturated carbocycles. The molecule has 1 heterocycles. The van der Waals surface area contributed by atoms with Crippen LogP contribution in [-0.2, 0) is 39.7 Å². The van der Waals surface area contributed by atoms with E-state index in [1.54, 1.807) is 30.3 Å². The molecule has 0 amide bonds. The lowest BCUT2D eigenvalue weighted by atomic mass is 10.2. The Labute approximate surface area is 240 Å². The fraction of sp³-hybridized carbons (Fsp3) is 0.200. The molecule has 1 unspecified atom stereocenters. The molecule has 0 aromatic heterocycles. The van der Waals surface area contributed by atoms with Crippen LogP contribution in [0.3, 0.4) is 0 Å². The molecule has 0 spiro atoms. The average molecular weight is 595 g/mol. The molecule has 41 heavy (non-hydrogen) atoms. The topological polar surface area (TPSA) is 115 Å². The van der Waals surface area contributed by atoms with E-state index in [0.29, 0.717) is 23.9 Å². The van der Waals surface area contributed by atoms with E-state index in [2.05, 4.69) is 4.36 Å². The Bertz CT molecular complexity index is 1720. The molecular weight excluding hydrogens is 564 g/mol. The summed E-state index contributed by atoms with van der Waals surface area (Å²) in [7, 11) is -7.75. The molecule has 0 aliphatic carbocycles. The van der Waals surface area contributed by atoms with Crippen molar-refractivity contribution in [2.75, 3.05) is 13.4 Å². The van der Waals surface area contributed by atoms with E-state index in [0.717, 1.165) is 16.7 Å². The van der Waals surface area contributed by atoms with Gasteiger partial charge in [-0.3, -0.25) is 4.55 Å². The van der Waals surface area contributed by atoms with Gasteiger partial charge in [-0.15, -0.1) is 0 Å². The number of benzene rings is 4. The molecule has 0 fully saturated rings. The van der Waals surface area contributed by atoms with Crippen molar-refractivity contribution >= 4 is 20.0 Å². The van der Waals surface area contributed by atoms with Crippen LogP contribution in [0.15, 0.2) is 111 Å². The van der Waals surface area contributed by atoms with Gasteiger partial charge < -0.3 is 14.2 Å². The van der Waals surface area contributed by atoms with Crippen LogP contribution in [0.4, 0.5) is 0 Å². The zero-order valence-corrected chi connectivity index (χ0v) is 24.0. The predicted molar refractivity (Wildman–Crippen MR) is 155 cm³/mol. The van der Waals surface area contributed by atoms with Crippen LogP contribution in [0.2, 0.25) is 0 Å². The minimum absolute atomic E-state index is 0.00816. The first-order valence-corrected chi connectivity index (χ1v) is 15.9. The van der Waals surface area contributed by atoms with Gasteiger partial charge in [0.05, 0.1) is 22.9 Å². The van der Waals surface area contributed by atoms with E-state index in [4.69, 9.17) is 14.2 Å². The summed E-state index contributed by atoms with van der Waals surface area (Å²) in [6.45, 7) is 2.75. The van der Waals surface area contributed by atoms with E-state index >= 15 is 0 Å². The maximum atomic E-state index is 13.9. The fourth-order valence-corrected chi connectivity index (χ4v) is 6.67. The first kappa shape index (κ1) is 28.6. The summed E-state index contributed by atoms with van der Waals surface area (Å²) in [6.07, 6.45) is 0. The standard InChI is InChI=1S/C30H30N2O7S2/c1-2-37-26-11-8-24(9-12-26)20-32(21-25-10-17-29-30(18-25)39-22-38-29)41(35,36)28-15-13-27(14-16-28)40(33,34)31-19-23-6-4-3-5-7-23/h3-18H,2,19-22H2,1H3,(H,31,33,34). The number of rotatable bonds is 11. The number of hydrogen-bond donors (Lipinski definition) is 1. The van der Waals surface area contributed by atoms with E-state index in [1.165, 1.54) is 28.6 Å². The van der Waals surface area contributed by atoms with Crippen LogP contribution < -0.4 is 14.2 Å². The second-order valence-corrected chi connectivity index (χ2v) is 12.9. The predicted octanol–water partition coefficient (Wildman–Crippen LogP) is 5.71. The van der Waals surface area contributed by atoms with Crippen LogP contribution in [0, 0.1) is 0 Å². The molecule has 5 rings (SSSR count). The van der Waals surface area contributed by atoms with Crippen LogP contribution in [0.5, 0.6) is 17.2 Å². The number of nitrogens with zero attached hydrogens (tertiary/aromatic N) is 2. The quantitative estimate of drug-likeness (QED) is 0.237. The van der Waals surface area contributed by atoms with E-state index in [9.17, 15) is 17.2 Å². The van der Waals surface area contributed by atoms with Gasteiger partial charge in [-0.2, -0.15) is 4.31 Å². The minimum atomic E-state index is -4.02. The van der Waals surface area contributed by atoms with Crippen molar-refractivity contribution in [3.63, 3.8) is 0 Å². The summed E-state index contributed by atoms with van der Waals surface area (Å²) < 4.78 is 73.0. The van der Waals surface area contributed by atoms with E-state index in [1.807, 2.05) is 49.4 Å². The summed E-state index contributed by atoms with van der Waals surface area (Å²) in [6, 6.07) is 27.0. The zero-order chi connectivity index (χ0) is 28.9. The van der Waals surface area contributed by atoms with Crippen molar-refractivity contribution in [3.8, 4) is 17.2 Å². The average Bonchev–Trinajstić information content (AvgIpc) is 3.46. The molecule has 1 N–H and O–H groups in total. The Morgan fingerprint density at radius 2 is 1.41 bits per heavy atom. The van der Waals surface area contributed by atoms with Gasteiger partial charge in [0.15, 0.2) is 21.5 Å². The maximum absolute atomic E-state index is 13.9. The molecule has 9 nitrogen and oxygen atoms in total. The lowest BCUT2D eigenvalue weighted by molar-refractivity contribution is 0.174. The van der Waals surface area contributed by atoms with Gasteiger partial charge >= 0.3 is 0 Å². The monoisotopic (exact) mass is 594 g/mol. The normalized spacial score (nSPS) is 14.0. The molecule has 11 heteroatoms. The highest BCUT2D eigenvalue weighted by molar-refractivity contribution is 7.89. The molecule has 214 valence electrons. The van der Waals surface area contributed by atoms with Gasteiger partial charge in [-0.1, -0.05) is 48.5 Å². The van der Waals surface area contributed by atoms with Crippen LogP contribution in [0.1, 0.15) is 23.6 Å². The Morgan fingerprint density at radius 3 is 2.12 bits per heavy atom. The number of fused-ring (bicyclic) bond motifs is 1. The van der Waals surface area contributed by atoms with Gasteiger partial charge in [0, 0.05) is 13.1 Å². The van der Waals surface area contributed by atoms with E-state index < -0.39 is 20.0 Å². The minimum Gasteiger partial charge on any atom is -0.494 e. The van der Waals surface area contributed by atoms with Crippen molar-refractivity contribution < 1.29 is 31.4 Å². The summed E-state index contributed by atoms with van der Waals surface area (Å²) >= 11 is 0. The highest BCUT2D eigenvalue weighted by Gasteiger charge is 2.26. The summed E-state index contributed by atoms with van der Waals surface area (Å²) in [5.74, 6) is 1.86. The number of ether oxygens (including phenoxy) is 3. The Morgan fingerprint density at radius 1 is 0.780 bits per heavy atom. The molecule has 4 aromatic carbocycles. The zero-order valence-electron chi connectivity index (χ0n) is 22.4. The second kappa shape index (κ2) is 12.3. The Hall–Kier alpha value is -3.90. The third kappa shape index (κ3) is 6.88. The molecule has 0 radical (unpaired) electrons. The largest absolute Gasteiger partial charge is 0.494 e. The number of hydrogen-bond acceptors (Lipinski definition) is 7. The van der Waals surface area contributed by atoms with Crippen molar-refractivity contribution in [2.45, 2.75) is 36.3 Å². The van der Waals surface area contributed by atoms with Crippen LogP contribution in [0.25, 0.3) is 0 Å². The lowest BCUT2D eigenvalue weighted by Gasteiger charge is -2.23. The highest BCUT2D eigenvalue weighted by Crippen LogP contribution is 2.33. The van der Waals surface area contributed by atoms with Gasteiger partial charge in [0.1, 0.15) is 5.75 Å². The van der Waals surface area contributed by atoms with Crippen molar-refractivity contribution in [2.24, 2.45) is 4.36 Å². The third-order valence-electron chi connectivity index (χ3n) is 6.42. The lowest BCUT2D eigenvalue weighted by Crippen LogP contribution is -2.30. The highest BCUT2D eigenvalue weighted by atomic mass is 32.2. The van der Waals surface area contributed by atoms with Gasteiger partial charge in [0.25, 0.3) is 0 Å². The fourth-order valence-electron chi connectivity index (χ4n) is 4.29. The second-order valence-electron chi connectivity index (χ2n) is 9.28. The van der Waals surface area contributed by atoms with Crippen molar-refractivity contribution in [1.82, 2.24) is 4.31 Å². The molecule has 0 bridgehead atoms. The third-order valence-corrected chi connectivity index (χ3v) is 9.59. The first-order valence-electron chi connectivity index (χ1n) is 12.9. The van der Waals surface area contributed by atoms with Crippen molar-refractivity contribution in [1.29, 1.82) is 0 Å². The molecule has 4 aromatic rings. The Balaban J connectivity index is 1.42. The van der Waals surface area contributed by atoms with Gasteiger partial charge in [-0.05, 0) is 72.1 Å². The molecule has 0 saturated heterocycles. The molecule has 1 atom stereocenters. The maximum Gasteiger partial charge on any atom is 0.243 e. The van der Waals surface area contributed by atoms with Gasteiger partial charge in [0.2, 0.25) is 16.8 Å². The van der Waals surface area contributed by atoms with Crippen molar-refractivity contribution in [3.05, 3.63) is 114 Å². The summed E-state index contributed by atoms with van der Waals surface area (Å²) in [4.78, 5) is 0.0207. The van der Waals surface area contributed by atoms with Crippen LogP contribution >= 0.6 is 0 Å².